The van der Waals surface area contributed by atoms with Crippen LogP contribution >= 0.6 is 0 Å². The Kier molecular flexibility index (Phi) is 3.89. The van der Waals surface area contributed by atoms with E-state index in [2.05, 4.69) is 38.0 Å². The van der Waals surface area contributed by atoms with Crippen LogP contribution in [0.4, 0.5) is 5.69 Å². The lowest BCUT2D eigenvalue weighted by Gasteiger charge is -2.29. The van der Waals surface area contributed by atoms with Gasteiger partial charge in [-0.1, -0.05) is 27.7 Å². The van der Waals surface area contributed by atoms with Crippen molar-refractivity contribution in [3.63, 3.8) is 0 Å². The molecule has 0 saturated heterocycles. The zero-order valence-corrected chi connectivity index (χ0v) is 10.4. The Labute approximate surface area is 97.5 Å². The molecule has 0 amide bonds. The summed E-state index contributed by atoms with van der Waals surface area (Å²) in [4.78, 5) is 4.02. The maximum Gasteiger partial charge on any atom is 0.140 e. The smallest absolute Gasteiger partial charge is 0.140 e. The van der Waals surface area contributed by atoms with Crippen molar-refractivity contribution in [3.8, 4) is 6.07 Å². The van der Waals surface area contributed by atoms with Crippen LogP contribution in [-0.2, 0) is 0 Å². The number of anilines is 1. The van der Waals surface area contributed by atoms with Crippen LogP contribution in [0, 0.1) is 22.7 Å². The van der Waals surface area contributed by atoms with E-state index in [-0.39, 0.29) is 5.41 Å². The van der Waals surface area contributed by atoms with Crippen LogP contribution in [0.5, 0.6) is 0 Å². The van der Waals surface area contributed by atoms with Crippen molar-refractivity contribution in [1.82, 2.24) is 4.98 Å². The number of hydrogen-bond donors (Lipinski definition) is 1. The summed E-state index contributed by atoms with van der Waals surface area (Å²) in [7, 11) is 0. The van der Waals surface area contributed by atoms with E-state index in [0.29, 0.717) is 11.6 Å². The molecular formula is C13H19N3. The molecule has 3 heteroatoms. The van der Waals surface area contributed by atoms with Gasteiger partial charge in [0.05, 0.1) is 11.9 Å². The third kappa shape index (κ3) is 3.23. The molecular weight excluding hydrogens is 198 g/mol. The summed E-state index contributed by atoms with van der Waals surface area (Å²) in [5.41, 5.74) is 1.66. The van der Waals surface area contributed by atoms with E-state index >= 15 is 0 Å². The lowest BCUT2D eigenvalue weighted by atomic mass is 9.81. The highest BCUT2D eigenvalue weighted by Crippen LogP contribution is 2.26. The van der Waals surface area contributed by atoms with E-state index in [1.54, 1.807) is 12.3 Å². The van der Waals surface area contributed by atoms with Gasteiger partial charge in [-0.2, -0.15) is 5.26 Å². The molecule has 0 aliphatic heterocycles. The highest BCUT2D eigenvalue weighted by Gasteiger charge is 2.21. The minimum atomic E-state index is 0.244. The number of aromatic nitrogens is 1. The van der Waals surface area contributed by atoms with Crippen LogP contribution in [0.15, 0.2) is 18.3 Å². The van der Waals surface area contributed by atoms with Crippen LogP contribution in [0.1, 0.15) is 33.4 Å². The quantitative estimate of drug-likeness (QED) is 0.843. The second-order valence-corrected chi connectivity index (χ2v) is 5.04. The van der Waals surface area contributed by atoms with Crippen LogP contribution in [0.2, 0.25) is 0 Å². The monoisotopic (exact) mass is 217 g/mol. The van der Waals surface area contributed by atoms with Crippen molar-refractivity contribution in [2.75, 3.05) is 11.9 Å². The summed E-state index contributed by atoms with van der Waals surface area (Å²) in [5, 5.41) is 12.0. The first kappa shape index (κ1) is 12.5. The Hall–Kier alpha value is -1.56. The molecule has 0 bridgehead atoms. The lowest BCUT2D eigenvalue weighted by Crippen LogP contribution is -2.28. The maximum atomic E-state index is 8.63. The van der Waals surface area contributed by atoms with Gasteiger partial charge in [-0.3, -0.25) is 0 Å². The molecule has 3 nitrogen and oxygen atoms in total. The molecule has 0 aliphatic carbocycles. The van der Waals surface area contributed by atoms with E-state index in [4.69, 9.17) is 5.26 Å². The van der Waals surface area contributed by atoms with Gasteiger partial charge in [0.15, 0.2) is 0 Å². The SMILES string of the molecule is CC(C)C(C)(C)CNc1ccc(C#N)nc1. The molecule has 1 aromatic rings. The van der Waals surface area contributed by atoms with Crippen molar-refractivity contribution < 1.29 is 0 Å². The average Bonchev–Trinajstić information content (AvgIpc) is 2.27. The molecule has 0 atom stereocenters. The normalized spacial score (nSPS) is 11.2. The Morgan fingerprint density at radius 2 is 2.12 bits per heavy atom. The van der Waals surface area contributed by atoms with Crippen molar-refractivity contribution in [2.45, 2.75) is 27.7 Å². The molecule has 0 radical (unpaired) electrons. The third-order valence-electron chi connectivity index (χ3n) is 3.19. The molecule has 1 aromatic heterocycles. The molecule has 1 heterocycles. The number of nitrogens with one attached hydrogen (secondary N) is 1. The van der Waals surface area contributed by atoms with E-state index < -0.39 is 0 Å². The fourth-order valence-corrected chi connectivity index (χ4v) is 1.10. The molecule has 1 rings (SSSR count). The fraction of sp³-hybridized carbons (Fsp3) is 0.538. The van der Waals surface area contributed by atoms with Crippen molar-refractivity contribution in [1.29, 1.82) is 5.26 Å². The number of hydrogen-bond acceptors (Lipinski definition) is 3. The van der Waals surface area contributed by atoms with Gasteiger partial charge in [0.1, 0.15) is 11.8 Å². The van der Waals surface area contributed by atoms with Gasteiger partial charge in [0, 0.05) is 6.54 Å². The van der Waals surface area contributed by atoms with Gasteiger partial charge >= 0.3 is 0 Å². The van der Waals surface area contributed by atoms with Gasteiger partial charge in [-0.15, -0.1) is 0 Å². The Bertz CT molecular complexity index is 371. The predicted octanol–water partition coefficient (Wildman–Crippen LogP) is 3.05. The van der Waals surface area contributed by atoms with Crippen molar-refractivity contribution in [3.05, 3.63) is 24.0 Å². The Balaban J connectivity index is 2.59. The first-order valence-corrected chi connectivity index (χ1v) is 5.56. The van der Waals surface area contributed by atoms with Gasteiger partial charge < -0.3 is 5.32 Å². The summed E-state index contributed by atoms with van der Waals surface area (Å²) in [6, 6.07) is 5.62. The van der Waals surface area contributed by atoms with E-state index in [1.807, 2.05) is 12.1 Å². The van der Waals surface area contributed by atoms with Crippen molar-refractivity contribution >= 4 is 5.69 Å². The second kappa shape index (κ2) is 4.98. The zero-order chi connectivity index (χ0) is 12.2. The molecule has 1 N–H and O–H groups in total. The minimum Gasteiger partial charge on any atom is -0.383 e. The Morgan fingerprint density at radius 3 is 2.56 bits per heavy atom. The largest absolute Gasteiger partial charge is 0.383 e. The maximum absolute atomic E-state index is 8.63. The number of pyridine rings is 1. The van der Waals surface area contributed by atoms with Crippen molar-refractivity contribution in [2.24, 2.45) is 11.3 Å². The minimum absolute atomic E-state index is 0.244. The van der Waals surface area contributed by atoms with Crippen LogP contribution < -0.4 is 5.32 Å². The van der Waals surface area contributed by atoms with Gasteiger partial charge in [0.25, 0.3) is 0 Å². The number of nitrogens with zero attached hydrogens (tertiary/aromatic N) is 2. The highest BCUT2D eigenvalue weighted by atomic mass is 14.9. The zero-order valence-electron chi connectivity index (χ0n) is 10.4. The molecule has 0 aromatic carbocycles. The van der Waals surface area contributed by atoms with E-state index in [9.17, 15) is 0 Å². The standard InChI is InChI=1S/C13H19N3/c1-10(2)13(3,4)9-16-12-6-5-11(7-14)15-8-12/h5-6,8,10,16H,9H2,1-4H3. The molecule has 0 spiro atoms. The molecule has 16 heavy (non-hydrogen) atoms. The van der Waals surface area contributed by atoms with Gasteiger partial charge in [-0.25, -0.2) is 4.98 Å². The van der Waals surface area contributed by atoms with Crippen LogP contribution in [0.25, 0.3) is 0 Å². The molecule has 0 unspecified atom stereocenters. The molecule has 0 fully saturated rings. The molecule has 86 valence electrons. The molecule has 0 aliphatic rings. The van der Waals surface area contributed by atoms with Crippen LogP contribution in [-0.4, -0.2) is 11.5 Å². The first-order chi connectivity index (χ1) is 7.45. The van der Waals surface area contributed by atoms with Crippen LogP contribution in [0.3, 0.4) is 0 Å². The average molecular weight is 217 g/mol. The van der Waals surface area contributed by atoms with E-state index in [0.717, 1.165) is 12.2 Å². The highest BCUT2D eigenvalue weighted by molar-refractivity contribution is 5.42. The third-order valence-corrected chi connectivity index (χ3v) is 3.19. The fourth-order valence-electron chi connectivity index (χ4n) is 1.10. The van der Waals surface area contributed by atoms with E-state index in [1.165, 1.54) is 0 Å². The summed E-state index contributed by atoms with van der Waals surface area (Å²) < 4.78 is 0. The lowest BCUT2D eigenvalue weighted by molar-refractivity contribution is 0.269. The second-order valence-electron chi connectivity index (χ2n) is 5.04. The summed E-state index contributed by atoms with van der Waals surface area (Å²) in [6.07, 6.45) is 1.70. The summed E-state index contributed by atoms with van der Waals surface area (Å²) >= 11 is 0. The van der Waals surface area contributed by atoms with Gasteiger partial charge in [-0.05, 0) is 23.5 Å². The topological polar surface area (TPSA) is 48.7 Å². The van der Waals surface area contributed by atoms with Gasteiger partial charge in [0.2, 0.25) is 0 Å². The summed E-state index contributed by atoms with van der Waals surface area (Å²) in [5.74, 6) is 0.617. The Morgan fingerprint density at radius 1 is 1.44 bits per heavy atom. The number of nitriles is 1. The predicted molar refractivity (Wildman–Crippen MR) is 66.1 cm³/mol. The molecule has 0 saturated carbocycles. The number of rotatable bonds is 4. The first-order valence-electron chi connectivity index (χ1n) is 5.56. The summed E-state index contributed by atoms with van der Waals surface area (Å²) in [6.45, 7) is 9.82.